The molecule has 0 aliphatic carbocycles. The topological polar surface area (TPSA) is 46.2 Å². The van der Waals surface area contributed by atoms with Crippen molar-refractivity contribution >= 4 is 52.2 Å². The van der Waals surface area contributed by atoms with Gasteiger partial charge >= 0.3 is 0 Å². The molecule has 0 spiro atoms. The van der Waals surface area contributed by atoms with Crippen molar-refractivity contribution in [2.75, 3.05) is 0 Å². The number of amides is 2. The van der Waals surface area contributed by atoms with Gasteiger partial charge in [-0.05, 0) is 46.7 Å². The first-order valence-electron chi connectivity index (χ1n) is 6.33. The molecule has 3 rings (SSSR count). The minimum atomic E-state index is -0.358. The van der Waals surface area contributed by atoms with Gasteiger partial charge in [0.2, 0.25) is 0 Å². The Hall–Kier alpha value is -1.75. The van der Waals surface area contributed by atoms with E-state index in [4.69, 9.17) is 23.2 Å². The predicted molar refractivity (Wildman–Crippen MR) is 91.0 cm³/mol. The molecule has 2 aromatic rings. The maximum Gasteiger partial charge on any atom is 0.290 e. The fourth-order valence-corrected chi connectivity index (χ4v) is 3.00. The van der Waals surface area contributed by atoms with Crippen molar-refractivity contribution in [1.29, 1.82) is 0 Å². The van der Waals surface area contributed by atoms with Gasteiger partial charge in [-0.3, -0.25) is 14.9 Å². The van der Waals surface area contributed by atoms with E-state index < -0.39 is 0 Å². The molecule has 1 aliphatic rings. The number of benzene rings is 2. The van der Waals surface area contributed by atoms with Crippen molar-refractivity contribution in [3.05, 3.63) is 63.0 Å². The van der Waals surface area contributed by atoms with E-state index in [1.165, 1.54) is 0 Å². The van der Waals surface area contributed by atoms with Gasteiger partial charge in [-0.1, -0.05) is 53.5 Å². The summed E-state index contributed by atoms with van der Waals surface area (Å²) in [6.45, 7) is 0. The van der Waals surface area contributed by atoms with Gasteiger partial charge in [0.1, 0.15) is 0 Å². The second-order valence-corrected chi connectivity index (χ2v) is 6.43. The van der Waals surface area contributed by atoms with Gasteiger partial charge in [0.05, 0.1) is 15.0 Å². The summed E-state index contributed by atoms with van der Waals surface area (Å²) in [5.74, 6) is -0.358. The summed E-state index contributed by atoms with van der Waals surface area (Å²) in [6, 6.07) is 13.0. The van der Waals surface area contributed by atoms with Crippen LogP contribution in [0.15, 0.2) is 47.4 Å². The Bertz CT molecular complexity index is 800. The highest BCUT2D eigenvalue weighted by molar-refractivity contribution is 8.18. The normalized spacial score (nSPS) is 16.2. The van der Waals surface area contributed by atoms with Crippen LogP contribution >= 0.6 is 35.0 Å². The molecule has 0 radical (unpaired) electrons. The van der Waals surface area contributed by atoms with E-state index in [0.717, 1.165) is 28.5 Å². The standard InChI is InChI=1S/C16H9Cl2NO2S/c17-12-6-5-11(8-13(12)18)10-3-1-9(2-4-10)7-14-15(20)19-16(21)22-14/h1-8H,(H,19,20,21). The molecule has 6 heteroatoms. The molecule has 0 aromatic heterocycles. The van der Waals surface area contributed by atoms with Gasteiger partial charge in [-0.25, -0.2) is 0 Å². The summed E-state index contributed by atoms with van der Waals surface area (Å²) in [5, 5.41) is 2.90. The van der Waals surface area contributed by atoms with Crippen molar-refractivity contribution in [2.45, 2.75) is 0 Å². The Morgan fingerprint density at radius 3 is 2.18 bits per heavy atom. The molecular formula is C16H9Cl2NO2S. The second-order valence-electron chi connectivity index (χ2n) is 4.60. The van der Waals surface area contributed by atoms with Crippen LogP contribution in [0, 0.1) is 0 Å². The Morgan fingerprint density at radius 2 is 1.59 bits per heavy atom. The van der Waals surface area contributed by atoms with Crippen LogP contribution in [0.3, 0.4) is 0 Å². The number of hydrogen-bond donors (Lipinski definition) is 1. The summed E-state index contributed by atoms with van der Waals surface area (Å²) in [6.07, 6.45) is 1.68. The first kappa shape index (κ1) is 15.2. The lowest BCUT2D eigenvalue weighted by Gasteiger charge is -2.04. The molecule has 1 fully saturated rings. The smallest absolute Gasteiger partial charge is 0.282 e. The summed E-state index contributed by atoms with van der Waals surface area (Å²) in [7, 11) is 0. The van der Waals surface area contributed by atoms with E-state index in [9.17, 15) is 9.59 Å². The number of carbonyl (C=O) groups is 2. The minimum Gasteiger partial charge on any atom is -0.282 e. The predicted octanol–water partition coefficient (Wildman–Crippen LogP) is 4.98. The zero-order valence-corrected chi connectivity index (χ0v) is 13.4. The fourth-order valence-electron chi connectivity index (χ4n) is 2.02. The quantitative estimate of drug-likeness (QED) is 0.777. The molecule has 2 amide bonds. The Morgan fingerprint density at radius 1 is 0.909 bits per heavy atom. The van der Waals surface area contributed by atoms with Crippen molar-refractivity contribution in [3.8, 4) is 11.1 Å². The highest BCUT2D eigenvalue weighted by atomic mass is 35.5. The van der Waals surface area contributed by atoms with E-state index in [1.807, 2.05) is 30.3 Å². The lowest BCUT2D eigenvalue weighted by Crippen LogP contribution is -2.17. The van der Waals surface area contributed by atoms with E-state index in [-0.39, 0.29) is 11.1 Å². The third-order valence-electron chi connectivity index (χ3n) is 3.10. The molecule has 110 valence electrons. The average molecular weight is 350 g/mol. The van der Waals surface area contributed by atoms with E-state index in [0.29, 0.717) is 15.0 Å². The molecule has 1 aliphatic heterocycles. The summed E-state index contributed by atoms with van der Waals surface area (Å²) < 4.78 is 0. The number of halogens is 2. The van der Waals surface area contributed by atoms with Gasteiger partial charge in [-0.2, -0.15) is 0 Å². The zero-order valence-electron chi connectivity index (χ0n) is 11.1. The largest absolute Gasteiger partial charge is 0.290 e. The first-order chi connectivity index (χ1) is 10.5. The lowest BCUT2D eigenvalue weighted by molar-refractivity contribution is -0.115. The van der Waals surface area contributed by atoms with Crippen molar-refractivity contribution in [2.24, 2.45) is 0 Å². The molecule has 0 unspecified atom stereocenters. The number of thioether (sulfide) groups is 1. The second kappa shape index (κ2) is 6.16. The number of imide groups is 1. The van der Waals surface area contributed by atoms with Crippen molar-refractivity contribution in [3.63, 3.8) is 0 Å². The third-order valence-corrected chi connectivity index (χ3v) is 4.65. The SMILES string of the molecule is O=C1NC(=O)C(=Cc2ccc(-c3ccc(Cl)c(Cl)c3)cc2)S1. The van der Waals surface area contributed by atoms with Gasteiger partial charge in [0.15, 0.2) is 0 Å². The third kappa shape index (κ3) is 3.19. The molecular weight excluding hydrogens is 341 g/mol. The van der Waals surface area contributed by atoms with Crippen LogP contribution in [0.2, 0.25) is 10.0 Å². The maximum absolute atomic E-state index is 11.5. The Labute approximate surface area is 141 Å². The lowest BCUT2D eigenvalue weighted by atomic mass is 10.0. The van der Waals surface area contributed by atoms with Gasteiger partial charge in [-0.15, -0.1) is 0 Å². The van der Waals surface area contributed by atoms with Crippen LogP contribution in [-0.4, -0.2) is 11.1 Å². The highest BCUT2D eigenvalue weighted by Crippen LogP contribution is 2.30. The van der Waals surface area contributed by atoms with Crippen LogP contribution in [-0.2, 0) is 4.79 Å². The molecule has 1 N–H and O–H groups in total. The molecule has 0 atom stereocenters. The number of rotatable bonds is 2. The van der Waals surface area contributed by atoms with Crippen LogP contribution in [0.5, 0.6) is 0 Å². The van der Waals surface area contributed by atoms with Crippen LogP contribution in [0.25, 0.3) is 17.2 Å². The molecule has 1 heterocycles. The fraction of sp³-hybridized carbons (Fsp3) is 0. The summed E-state index contributed by atoms with van der Waals surface area (Å²) in [4.78, 5) is 23.0. The van der Waals surface area contributed by atoms with Gasteiger partial charge in [0.25, 0.3) is 11.1 Å². The molecule has 0 saturated carbocycles. The first-order valence-corrected chi connectivity index (χ1v) is 7.90. The van der Waals surface area contributed by atoms with Crippen molar-refractivity contribution < 1.29 is 9.59 Å². The number of hydrogen-bond acceptors (Lipinski definition) is 3. The number of carbonyl (C=O) groups excluding carboxylic acids is 2. The van der Waals surface area contributed by atoms with Crippen LogP contribution in [0.1, 0.15) is 5.56 Å². The Kier molecular flexibility index (Phi) is 4.25. The van der Waals surface area contributed by atoms with E-state index in [2.05, 4.69) is 5.32 Å². The summed E-state index contributed by atoms with van der Waals surface area (Å²) in [5.41, 5.74) is 2.79. The van der Waals surface area contributed by atoms with Crippen LogP contribution < -0.4 is 5.32 Å². The highest BCUT2D eigenvalue weighted by Gasteiger charge is 2.24. The van der Waals surface area contributed by atoms with Crippen LogP contribution in [0.4, 0.5) is 4.79 Å². The molecule has 22 heavy (non-hydrogen) atoms. The van der Waals surface area contributed by atoms with Gasteiger partial charge < -0.3 is 0 Å². The molecule has 2 aromatic carbocycles. The minimum absolute atomic E-state index is 0.344. The van der Waals surface area contributed by atoms with Gasteiger partial charge in [0, 0.05) is 0 Å². The summed E-state index contributed by atoms with van der Waals surface area (Å²) >= 11 is 12.8. The monoisotopic (exact) mass is 349 g/mol. The zero-order chi connectivity index (χ0) is 15.7. The van der Waals surface area contributed by atoms with E-state index >= 15 is 0 Å². The average Bonchev–Trinajstić information content (AvgIpc) is 2.81. The Balaban J connectivity index is 1.87. The molecule has 1 saturated heterocycles. The molecule has 0 bridgehead atoms. The molecule has 3 nitrogen and oxygen atoms in total. The van der Waals surface area contributed by atoms with Crippen molar-refractivity contribution in [1.82, 2.24) is 5.32 Å². The number of nitrogens with one attached hydrogen (secondary N) is 1. The maximum atomic E-state index is 11.5. The van der Waals surface area contributed by atoms with E-state index in [1.54, 1.807) is 18.2 Å².